The number of anilines is 1. The maximum Gasteiger partial charge on any atom is 0.269 e. The van der Waals surface area contributed by atoms with Crippen molar-refractivity contribution in [2.24, 2.45) is 0 Å². The molecule has 34 heavy (non-hydrogen) atoms. The standard InChI is InChI=1S/C25H20IN3O5/c1-2-33-23-14-18(12-19(15-27)25(30)28-20-6-4-3-5-7-20)13-22(26)24(23)34-16-17-8-10-21(11-9-17)29(31)32/h3-14H,2,16H2,1H3,(H,28,30)/b19-12-. The number of nitrogens with zero attached hydrogens (tertiary/aromatic N) is 2. The van der Waals surface area contributed by atoms with Gasteiger partial charge in [0, 0.05) is 17.8 Å². The fourth-order valence-corrected chi connectivity index (χ4v) is 3.76. The second-order valence-corrected chi connectivity index (χ2v) is 8.13. The van der Waals surface area contributed by atoms with Gasteiger partial charge in [0.25, 0.3) is 11.6 Å². The zero-order chi connectivity index (χ0) is 24.5. The third-order valence-corrected chi connectivity index (χ3v) is 5.37. The normalized spacial score (nSPS) is 10.8. The zero-order valence-corrected chi connectivity index (χ0v) is 20.3. The number of hydrogen-bond donors (Lipinski definition) is 1. The minimum Gasteiger partial charge on any atom is -0.490 e. The Morgan fingerprint density at radius 2 is 1.85 bits per heavy atom. The predicted molar refractivity (Wildman–Crippen MR) is 136 cm³/mol. The Balaban J connectivity index is 1.82. The minimum atomic E-state index is -0.514. The fraction of sp³-hybridized carbons (Fsp3) is 0.120. The molecule has 3 rings (SSSR count). The van der Waals surface area contributed by atoms with Gasteiger partial charge in [-0.2, -0.15) is 5.26 Å². The Morgan fingerprint density at radius 3 is 2.47 bits per heavy atom. The monoisotopic (exact) mass is 569 g/mol. The highest BCUT2D eigenvalue weighted by molar-refractivity contribution is 14.1. The van der Waals surface area contributed by atoms with E-state index >= 15 is 0 Å². The lowest BCUT2D eigenvalue weighted by molar-refractivity contribution is -0.384. The van der Waals surface area contributed by atoms with Crippen LogP contribution in [0.15, 0.2) is 72.3 Å². The van der Waals surface area contributed by atoms with Crippen molar-refractivity contribution in [3.05, 3.63) is 97.1 Å². The van der Waals surface area contributed by atoms with Crippen LogP contribution < -0.4 is 14.8 Å². The van der Waals surface area contributed by atoms with E-state index in [1.165, 1.54) is 18.2 Å². The predicted octanol–water partition coefficient (Wildman–Crippen LogP) is 5.72. The van der Waals surface area contributed by atoms with E-state index in [0.29, 0.717) is 29.4 Å². The van der Waals surface area contributed by atoms with E-state index in [9.17, 15) is 20.2 Å². The van der Waals surface area contributed by atoms with Crippen LogP contribution in [0, 0.1) is 25.0 Å². The largest absolute Gasteiger partial charge is 0.490 e. The van der Waals surface area contributed by atoms with Gasteiger partial charge in [-0.1, -0.05) is 18.2 Å². The van der Waals surface area contributed by atoms with Crippen molar-refractivity contribution < 1.29 is 19.2 Å². The molecule has 1 N–H and O–H groups in total. The maximum atomic E-state index is 12.5. The average molecular weight is 569 g/mol. The van der Waals surface area contributed by atoms with Crippen LogP contribution >= 0.6 is 22.6 Å². The summed E-state index contributed by atoms with van der Waals surface area (Å²) in [4.78, 5) is 22.9. The number of hydrogen-bond acceptors (Lipinski definition) is 6. The van der Waals surface area contributed by atoms with Gasteiger partial charge in [-0.25, -0.2) is 0 Å². The van der Waals surface area contributed by atoms with Gasteiger partial charge >= 0.3 is 0 Å². The van der Waals surface area contributed by atoms with E-state index in [-0.39, 0.29) is 17.9 Å². The van der Waals surface area contributed by atoms with E-state index < -0.39 is 10.8 Å². The molecule has 0 radical (unpaired) electrons. The van der Waals surface area contributed by atoms with Crippen LogP contribution in [0.4, 0.5) is 11.4 Å². The number of nitriles is 1. The number of benzene rings is 3. The smallest absolute Gasteiger partial charge is 0.269 e. The van der Waals surface area contributed by atoms with Crippen LogP contribution in [0.1, 0.15) is 18.1 Å². The fourth-order valence-electron chi connectivity index (χ4n) is 2.98. The lowest BCUT2D eigenvalue weighted by Gasteiger charge is -2.15. The van der Waals surface area contributed by atoms with Crippen molar-refractivity contribution in [2.45, 2.75) is 13.5 Å². The number of nitrogens with one attached hydrogen (secondary N) is 1. The number of non-ortho nitro benzene ring substituents is 1. The van der Waals surface area contributed by atoms with Gasteiger partial charge in [0.2, 0.25) is 0 Å². The van der Waals surface area contributed by atoms with E-state index in [0.717, 1.165) is 9.13 Å². The Kier molecular flexibility index (Phi) is 8.59. The topological polar surface area (TPSA) is 114 Å². The van der Waals surface area contributed by atoms with Crippen molar-refractivity contribution in [1.29, 1.82) is 5.26 Å². The number of nitro benzene ring substituents is 1. The van der Waals surface area contributed by atoms with Gasteiger partial charge < -0.3 is 14.8 Å². The molecule has 0 saturated carbocycles. The number of carbonyl (C=O) groups excluding carboxylic acids is 1. The van der Waals surface area contributed by atoms with E-state index in [1.807, 2.05) is 19.1 Å². The molecule has 0 bridgehead atoms. The molecule has 0 heterocycles. The SMILES string of the molecule is CCOc1cc(/C=C(/C#N)C(=O)Nc2ccccc2)cc(I)c1OCc1ccc([N+](=O)[O-])cc1. The van der Waals surface area contributed by atoms with E-state index in [1.54, 1.807) is 48.5 Å². The molecule has 8 nitrogen and oxygen atoms in total. The summed E-state index contributed by atoms with van der Waals surface area (Å²) in [6.45, 7) is 2.41. The molecule has 0 spiro atoms. The van der Waals surface area contributed by atoms with Gasteiger partial charge in [-0.15, -0.1) is 0 Å². The first-order valence-electron chi connectivity index (χ1n) is 10.2. The van der Waals surface area contributed by atoms with Crippen molar-refractivity contribution >= 4 is 45.9 Å². The highest BCUT2D eigenvalue weighted by Crippen LogP contribution is 2.35. The van der Waals surface area contributed by atoms with Crippen LogP contribution in [-0.4, -0.2) is 17.4 Å². The van der Waals surface area contributed by atoms with Crippen molar-refractivity contribution in [2.75, 3.05) is 11.9 Å². The number of rotatable bonds is 9. The number of para-hydroxylation sites is 1. The highest BCUT2D eigenvalue weighted by atomic mass is 127. The molecule has 0 aliphatic carbocycles. The maximum absolute atomic E-state index is 12.5. The first-order valence-corrected chi connectivity index (χ1v) is 11.3. The van der Waals surface area contributed by atoms with Crippen LogP contribution in [-0.2, 0) is 11.4 Å². The summed E-state index contributed by atoms with van der Waals surface area (Å²) < 4.78 is 12.4. The molecule has 0 aliphatic heterocycles. The molecule has 0 unspecified atom stereocenters. The molecule has 3 aromatic rings. The van der Waals surface area contributed by atoms with Gasteiger partial charge in [-0.05, 0) is 83.1 Å². The lowest BCUT2D eigenvalue weighted by Crippen LogP contribution is -2.13. The number of carbonyl (C=O) groups is 1. The summed E-state index contributed by atoms with van der Waals surface area (Å²) in [5, 5.41) is 23.0. The van der Waals surface area contributed by atoms with Crippen molar-refractivity contribution in [3.63, 3.8) is 0 Å². The van der Waals surface area contributed by atoms with Gasteiger partial charge in [0.05, 0.1) is 15.1 Å². The first kappa shape index (κ1) is 24.7. The zero-order valence-electron chi connectivity index (χ0n) is 18.2. The second-order valence-electron chi connectivity index (χ2n) is 6.97. The Bertz CT molecular complexity index is 1250. The number of ether oxygens (including phenoxy) is 2. The molecule has 0 atom stereocenters. The molecule has 3 aromatic carbocycles. The minimum absolute atomic E-state index is 0.00840. The third-order valence-electron chi connectivity index (χ3n) is 4.57. The Morgan fingerprint density at radius 1 is 1.15 bits per heavy atom. The second kappa shape index (κ2) is 11.8. The third kappa shape index (κ3) is 6.55. The van der Waals surface area contributed by atoms with Crippen LogP contribution in [0.3, 0.4) is 0 Å². The van der Waals surface area contributed by atoms with Crippen LogP contribution in [0.5, 0.6) is 11.5 Å². The van der Waals surface area contributed by atoms with Gasteiger partial charge in [-0.3, -0.25) is 14.9 Å². The molecular weight excluding hydrogens is 549 g/mol. The quantitative estimate of drug-likeness (QED) is 0.116. The summed E-state index contributed by atoms with van der Waals surface area (Å²) in [7, 11) is 0. The number of halogens is 1. The Hall–Kier alpha value is -3.91. The Labute approximate surface area is 210 Å². The summed E-state index contributed by atoms with van der Waals surface area (Å²) in [6, 6.07) is 20.4. The van der Waals surface area contributed by atoms with Crippen molar-refractivity contribution in [3.8, 4) is 17.6 Å². The first-order chi connectivity index (χ1) is 16.4. The van der Waals surface area contributed by atoms with E-state index in [2.05, 4.69) is 27.9 Å². The molecule has 0 saturated heterocycles. The van der Waals surface area contributed by atoms with Gasteiger partial charge in [0.15, 0.2) is 11.5 Å². The lowest BCUT2D eigenvalue weighted by atomic mass is 10.1. The molecule has 1 amide bonds. The number of nitro groups is 1. The summed E-state index contributed by atoms with van der Waals surface area (Å²) >= 11 is 2.10. The van der Waals surface area contributed by atoms with E-state index in [4.69, 9.17) is 9.47 Å². The molecule has 0 aromatic heterocycles. The summed E-state index contributed by atoms with van der Waals surface area (Å²) in [5.74, 6) is 0.452. The summed E-state index contributed by atoms with van der Waals surface area (Å²) in [6.07, 6.45) is 1.49. The highest BCUT2D eigenvalue weighted by Gasteiger charge is 2.15. The molecule has 0 aliphatic rings. The molecule has 0 fully saturated rings. The van der Waals surface area contributed by atoms with Gasteiger partial charge in [0.1, 0.15) is 18.2 Å². The summed E-state index contributed by atoms with van der Waals surface area (Å²) in [5.41, 5.74) is 1.91. The number of amides is 1. The molecule has 9 heteroatoms. The molecule has 172 valence electrons. The van der Waals surface area contributed by atoms with Crippen molar-refractivity contribution in [1.82, 2.24) is 0 Å². The average Bonchev–Trinajstić information content (AvgIpc) is 2.83. The van der Waals surface area contributed by atoms with Crippen LogP contribution in [0.2, 0.25) is 0 Å². The van der Waals surface area contributed by atoms with Crippen LogP contribution in [0.25, 0.3) is 6.08 Å². The molecular formula is C25H20IN3O5.